The van der Waals surface area contributed by atoms with E-state index in [1.54, 1.807) is 12.1 Å². The van der Waals surface area contributed by atoms with Gasteiger partial charge in [0.15, 0.2) is 5.78 Å². The third-order valence-electron chi connectivity index (χ3n) is 2.63. The first-order valence-electron chi connectivity index (χ1n) is 5.62. The molecular weight excluding hydrogens is 234 g/mol. The molecule has 5 heteroatoms. The van der Waals surface area contributed by atoms with Crippen molar-refractivity contribution in [3.8, 4) is 5.75 Å². The van der Waals surface area contributed by atoms with Gasteiger partial charge in [-0.1, -0.05) is 11.6 Å². The predicted octanol–water partition coefficient (Wildman–Crippen LogP) is 1.38. The second kappa shape index (κ2) is 6.16. The summed E-state index contributed by atoms with van der Waals surface area (Å²) in [5.41, 5.74) is 7.02. The van der Waals surface area contributed by atoms with Gasteiger partial charge >= 0.3 is 5.97 Å². The van der Waals surface area contributed by atoms with Gasteiger partial charge in [-0.25, -0.2) is 0 Å². The van der Waals surface area contributed by atoms with Gasteiger partial charge in [0, 0.05) is 6.42 Å². The number of carbonyl (C=O) groups excluding carboxylic acids is 1. The molecular formula is C13H17NO4. The molecule has 0 aliphatic heterocycles. The fourth-order valence-corrected chi connectivity index (χ4v) is 1.62. The molecule has 1 aromatic rings. The molecule has 1 rings (SSSR count). The van der Waals surface area contributed by atoms with Crippen LogP contribution < -0.4 is 10.5 Å². The van der Waals surface area contributed by atoms with E-state index >= 15 is 0 Å². The Kier molecular flexibility index (Phi) is 4.85. The van der Waals surface area contributed by atoms with Crippen LogP contribution in [0, 0.1) is 6.92 Å². The highest BCUT2D eigenvalue weighted by atomic mass is 16.5. The molecule has 1 aromatic carbocycles. The number of aryl methyl sites for hydroxylation is 1. The van der Waals surface area contributed by atoms with Gasteiger partial charge in [0.1, 0.15) is 5.75 Å². The van der Waals surface area contributed by atoms with Crippen molar-refractivity contribution in [1.29, 1.82) is 0 Å². The highest BCUT2D eigenvalue weighted by molar-refractivity contribution is 6.02. The Hall–Kier alpha value is -1.88. The van der Waals surface area contributed by atoms with E-state index in [9.17, 15) is 9.59 Å². The van der Waals surface area contributed by atoms with E-state index in [0.717, 1.165) is 5.56 Å². The maximum absolute atomic E-state index is 12.1. The first kappa shape index (κ1) is 14.2. The standard InChI is InChI=1S/C13H17NO4/c1-8-3-5-11(18-2)9(7-8)13(17)10(14)4-6-12(15)16/h3,5,7,10H,4,6,14H2,1-2H3,(H,15,16). The van der Waals surface area contributed by atoms with Gasteiger partial charge in [-0.05, 0) is 25.5 Å². The summed E-state index contributed by atoms with van der Waals surface area (Å²) in [6.07, 6.45) is -0.00764. The number of methoxy groups -OCH3 is 1. The number of rotatable bonds is 6. The Bertz CT molecular complexity index is 456. The van der Waals surface area contributed by atoms with Crippen molar-refractivity contribution in [1.82, 2.24) is 0 Å². The number of ketones is 1. The Morgan fingerprint density at radius 1 is 1.44 bits per heavy atom. The second-order valence-corrected chi connectivity index (χ2v) is 4.11. The number of hydrogen-bond acceptors (Lipinski definition) is 4. The topological polar surface area (TPSA) is 89.6 Å². The summed E-state index contributed by atoms with van der Waals surface area (Å²) in [5, 5.41) is 8.57. The van der Waals surface area contributed by atoms with Crippen molar-refractivity contribution in [3.05, 3.63) is 29.3 Å². The molecule has 0 amide bonds. The van der Waals surface area contributed by atoms with Gasteiger partial charge in [0.2, 0.25) is 0 Å². The maximum Gasteiger partial charge on any atom is 0.303 e. The summed E-state index contributed by atoms with van der Waals surface area (Å²) in [7, 11) is 1.48. The lowest BCUT2D eigenvalue weighted by molar-refractivity contribution is -0.137. The lowest BCUT2D eigenvalue weighted by Crippen LogP contribution is -2.31. The molecule has 0 saturated heterocycles. The summed E-state index contributed by atoms with van der Waals surface area (Å²) in [5.74, 6) is -0.803. The van der Waals surface area contributed by atoms with E-state index in [2.05, 4.69) is 0 Å². The maximum atomic E-state index is 12.1. The molecule has 0 aliphatic carbocycles. The van der Waals surface area contributed by atoms with Gasteiger partial charge in [-0.3, -0.25) is 9.59 Å². The van der Waals surface area contributed by atoms with Crippen LogP contribution in [0.25, 0.3) is 0 Å². The average Bonchev–Trinajstić information content (AvgIpc) is 2.34. The van der Waals surface area contributed by atoms with Crippen LogP contribution in [0.3, 0.4) is 0 Å². The number of benzene rings is 1. The highest BCUT2D eigenvalue weighted by Crippen LogP contribution is 2.21. The van der Waals surface area contributed by atoms with Gasteiger partial charge in [0.05, 0.1) is 18.7 Å². The minimum atomic E-state index is -0.963. The van der Waals surface area contributed by atoms with Crippen LogP contribution in [-0.4, -0.2) is 30.0 Å². The van der Waals surface area contributed by atoms with Crippen molar-refractivity contribution in [2.45, 2.75) is 25.8 Å². The molecule has 0 heterocycles. The third-order valence-corrected chi connectivity index (χ3v) is 2.63. The summed E-state index contributed by atoms with van der Waals surface area (Å²) < 4.78 is 5.10. The Morgan fingerprint density at radius 2 is 2.11 bits per heavy atom. The Balaban J connectivity index is 2.88. The van der Waals surface area contributed by atoms with Gasteiger partial charge in [-0.15, -0.1) is 0 Å². The van der Waals surface area contributed by atoms with E-state index < -0.39 is 12.0 Å². The summed E-state index contributed by atoms with van der Waals surface area (Å²) in [6, 6.07) is 4.41. The van der Waals surface area contributed by atoms with Crippen molar-refractivity contribution in [2.24, 2.45) is 5.73 Å². The minimum Gasteiger partial charge on any atom is -0.496 e. The normalized spacial score (nSPS) is 11.9. The number of carboxylic acid groups (broad SMARTS) is 1. The van der Waals surface area contributed by atoms with Gasteiger partial charge < -0.3 is 15.6 Å². The number of ether oxygens (including phenoxy) is 1. The minimum absolute atomic E-state index is 0.116. The number of hydrogen-bond donors (Lipinski definition) is 2. The monoisotopic (exact) mass is 251 g/mol. The van der Waals surface area contributed by atoms with E-state index in [-0.39, 0.29) is 18.6 Å². The zero-order chi connectivity index (χ0) is 13.7. The van der Waals surface area contributed by atoms with Crippen molar-refractivity contribution in [2.75, 3.05) is 7.11 Å². The summed E-state index contributed by atoms with van der Waals surface area (Å²) in [6.45, 7) is 1.86. The van der Waals surface area contributed by atoms with Crippen molar-refractivity contribution in [3.63, 3.8) is 0 Å². The van der Waals surface area contributed by atoms with E-state index in [1.165, 1.54) is 7.11 Å². The molecule has 0 radical (unpaired) electrons. The molecule has 0 saturated carbocycles. The van der Waals surface area contributed by atoms with Crippen molar-refractivity contribution >= 4 is 11.8 Å². The first-order chi connectivity index (χ1) is 8.45. The molecule has 3 N–H and O–H groups in total. The highest BCUT2D eigenvalue weighted by Gasteiger charge is 2.20. The SMILES string of the molecule is COc1ccc(C)cc1C(=O)C(N)CCC(=O)O. The second-order valence-electron chi connectivity index (χ2n) is 4.11. The third kappa shape index (κ3) is 3.56. The van der Waals surface area contributed by atoms with E-state index in [4.69, 9.17) is 15.6 Å². The summed E-state index contributed by atoms with van der Waals surface area (Å²) >= 11 is 0. The van der Waals surface area contributed by atoms with Crippen LogP contribution in [0.15, 0.2) is 18.2 Å². The Morgan fingerprint density at radius 3 is 2.67 bits per heavy atom. The zero-order valence-electron chi connectivity index (χ0n) is 10.5. The van der Waals surface area contributed by atoms with Gasteiger partial charge in [0.25, 0.3) is 0 Å². The Labute approximate surface area is 106 Å². The van der Waals surface area contributed by atoms with Crippen LogP contribution >= 0.6 is 0 Å². The molecule has 98 valence electrons. The zero-order valence-corrected chi connectivity index (χ0v) is 10.5. The molecule has 0 bridgehead atoms. The molecule has 0 fully saturated rings. The van der Waals surface area contributed by atoms with Crippen LogP contribution in [0.1, 0.15) is 28.8 Å². The number of nitrogens with two attached hydrogens (primary N) is 1. The molecule has 0 aliphatic rings. The fraction of sp³-hybridized carbons (Fsp3) is 0.385. The summed E-state index contributed by atoms with van der Waals surface area (Å²) in [4.78, 5) is 22.5. The van der Waals surface area contributed by atoms with E-state index in [1.807, 2.05) is 13.0 Å². The van der Waals surface area contributed by atoms with Crippen LogP contribution in [-0.2, 0) is 4.79 Å². The lowest BCUT2D eigenvalue weighted by Gasteiger charge is -2.13. The number of aliphatic carboxylic acids is 1. The quantitative estimate of drug-likeness (QED) is 0.745. The van der Waals surface area contributed by atoms with E-state index in [0.29, 0.717) is 11.3 Å². The number of carbonyl (C=O) groups is 2. The number of carboxylic acids is 1. The fourth-order valence-electron chi connectivity index (χ4n) is 1.62. The first-order valence-corrected chi connectivity index (χ1v) is 5.62. The van der Waals surface area contributed by atoms with Crippen molar-refractivity contribution < 1.29 is 19.4 Å². The lowest BCUT2D eigenvalue weighted by atomic mass is 9.98. The van der Waals surface area contributed by atoms with Crippen LogP contribution in [0.4, 0.5) is 0 Å². The van der Waals surface area contributed by atoms with Crippen LogP contribution in [0.2, 0.25) is 0 Å². The predicted molar refractivity (Wildman–Crippen MR) is 66.9 cm³/mol. The molecule has 1 unspecified atom stereocenters. The molecule has 0 aromatic heterocycles. The largest absolute Gasteiger partial charge is 0.496 e. The van der Waals surface area contributed by atoms with Gasteiger partial charge in [-0.2, -0.15) is 0 Å². The molecule has 1 atom stereocenters. The molecule has 0 spiro atoms. The molecule has 5 nitrogen and oxygen atoms in total. The molecule has 18 heavy (non-hydrogen) atoms. The van der Waals surface area contributed by atoms with Crippen LogP contribution in [0.5, 0.6) is 5.75 Å². The average molecular weight is 251 g/mol. The smallest absolute Gasteiger partial charge is 0.303 e. The number of Topliss-reactive ketones (excluding diaryl/α,β-unsaturated/α-hetero) is 1.